The molecule has 1 atom stereocenters. The quantitative estimate of drug-likeness (QED) is 0.524. The molecule has 2 aliphatic heterocycles. The van der Waals surface area contributed by atoms with Gasteiger partial charge in [0, 0.05) is 37.3 Å². The van der Waals surface area contributed by atoms with Crippen molar-refractivity contribution in [3.8, 4) is 0 Å². The van der Waals surface area contributed by atoms with Gasteiger partial charge >= 0.3 is 12.1 Å². The van der Waals surface area contributed by atoms with E-state index in [1.807, 2.05) is 0 Å². The molecule has 1 fully saturated rings. The van der Waals surface area contributed by atoms with Crippen molar-refractivity contribution in [3.05, 3.63) is 68.7 Å². The Kier molecular flexibility index (Phi) is 9.53. The molecule has 0 spiro atoms. The van der Waals surface area contributed by atoms with Crippen LogP contribution in [-0.2, 0) is 35.6 Å². The SMILES string of the molecule is Cc1ccc(CN(Cc2cccc3c2CCNC3)CC2CCCO2)c(Br)c1.O=C(O)C(F)(F)F. The number of hydrogen-bond donors (Lipinski definition) is 2. The molecular formula is C25H30BrF3N2O3. The number of aliphatic carboxylic acids is 1. The fraction of sp³-hybridized carbons (Fsp3) is 0.480. The van der Waals surface area contributed by atoms with E-state index in [2.05, 4.69) is 69.5 Å². The first-order valence-corrected chi connectivity index (χ1v) is 12.1. The van der Waals surface area contributed by atoms with Crippen LogP contribution < -0.4 is 5.32 Å². The van der Waals surface area contributed by atoms with Gasteiger partial charge in [0.2, 0.25) is 0 Å². The number of carbonyl (C=O) groups is 1. The Morgan fingerprint density at radius 1 is 1.24 bits per heavy atom. The van der Waals surface area contributed by atoms with Gasteiger partial charge in [-0.15, -0.1) is 0 Å². The van der Waals surface area contributed by atoms with E-state index in [9.17, 15) is 13.2 Å². The van der Waals surface area contributed by atoms with Crippen LogP contribution in [0, 0.1) is 6.92 Å². The Balaban J connectivity index is 0.000000406. The average molecular weight is 543 g/mol. The van der Waals surface area contributed by atoms with E-state index in [0.29, 0.717) is 6.10 Å². The molecule has 2 aliphatic rings. The molecule has 4 rings (SSSR count). The minimum Gasteiger partial charge on any atom is -0.475 e. The first-order chi connectivity index (χ1) is 16.1. The van der Waals surface area contributed by atoms with Crippen LogP contribution >= 0.6 is 15.9 Å². The average Bonchev–Trinajstić information content (AvgIpc) is 3.29. The molecule has 2 aromatic carbocycles. The van der Waals surface area contributed by atoms with Crippen LogP contribution in [0.15, 0.2) is 40.9 Å². The topological polar surface area (TPSA) is 61.8 Å². The highest BCUT2D eigenvalue weighted by molar-refractivity contribution is 9.10. The molecular weight excluding hydrogens is 513 g/mol. The Hall–Kier alpha value is -1.94. The van der Waals surface area contributed by atoms with Crippen molar-refractivity contribution in [1.29, 1.82) is 0 Å². The van der Waals surface area contributed by atoms with Crippen LogP contribution in [0.3, 0.4) is 0 Å². The molecule has 34 heavy (non-hydrogen) atoms. The number of benzene rings is 2. The number of nitrogens with zero attached hydrogens (tertiary/aromatic N) is 1. The molecule has 0 radical (unpaired) electrons. The lowest BCUT2D eigenvalue weighted by molar-refractivity contribution is -0.192. The van der Waals surface area contributed by atoms with Gasteiger partial charge in [0.15, 0.2) is 0 Å². The number of alkyl halides is 3. The highest BCUT2D eigenvalue weighted by atomic mass is 79.9. The third-order valence-corrected chi connectivity index (χ3v) is 6.70. The molecule has 2 heterocycles. The number of aryl methyl sites for hydroxylation is 1. The fourth-order valence-corrected chi connectivity index (χ4v) is 4.90. The van der Waals surface area contributed by atoms with Crippen LogP contribution in [0.2, 0.25) is 0 Å². The summed E-state index contributed by atoms with van der Waals surface area (Å²) in [4.78, 5) is 11.5. The summed E-state index contributed by atoms with van der Waals surface area (Å²) in [7, 11) is 0. The largest absolute Gasteiger partial charge is 0.490 e. The van der Waals surface area contributed by atoms with Crippen molar-refractivity contribution in [2.45, 2.75) is 58.1 Å². The lowest BCUT2D eigenvalue weighted by Gasteiger charge is -2.28. The van der Waals surface area contributed by atoms with Crippen LogP contribution in [-0.4, -0.2) is 48.0 Å². The molecule has 1 saturated heterocycles. The number of hydrogen-bond acceptors (Lipinski definition) is 4. The van der Waals surface area contributed by atoms with Crippen LogP contribution in [0.25, 0.3) is 0 Å². The second kappa shape index (κ2) is 12.2. The van der Waals surface area contributed by atoms with Gasteiger partial charge in [-0.3, -0.25) is 4.90 Å². The highest BCUT2D eigenvalue weighted by Crippen LogP contribution is 2.25. The van der Waals surface area contributed by atoms with Crippen LogP contribution in [0.5, 0.6) is 0 Å². The summed E-state index contributed by atoms with van der Waals surface area (Å²) >= 11 is 3.77. The summed E-state index contributed by atoms with van der Waals surface area (Å²) in [6.45, 7) is 8.08. The number of carboxylic acids is 1. The van der Waals surface area contributed by atoms with Crippen molar-refractivity contribution in [2.75, 3.05) is 19.7 Å². The van der Waals surface area contributed by atoms with Crippen molar-refractivity contribution in [3.63, 3.8) is 0 Å². The van der Waals surface area contributed by atoms with Crippen molar-refractivity contribution >= 4 is 21.9 Å². The predicted molar refractivity (Wildman–Crippen MR) is 128 cm³/mol. The van der Waals surface area contributed by atoms with Gasteiger partial charge in [-0.25, -0.2) is 4.79 Å². The maximum Gasteiger partial charge on any atom is 0.490 e. The van der Waals surface area contributed by atoms with E-state index in [1.54, 1.807) is 5.56 Å². The number of rotatable bonds is 6. The predicted octanol–water partition coefficient (Wildman–Crippen LogP) is 5.22. The molecule has 2 N–H and O–H groups in total. The van der Waals surface area contributed by atoms with Gasteiger partial charge < -0.3 is 15.2 Å². The number of nitrogens with one attached hydrogen (secondary N) is 1. The smallest absolute Gasteiger partial charge is 0.475 e. The molecule has 1 unspecified atom stereocenters. The third-order valence-electron chi connectivity index (χ3n) is 5.96. The van der Waals surface area contributed by atoms with Crippen molar-refractivity contribution in [1.82, 2.24) is 10.2 Å². The lowest BCUT2D eigenvalue weighted by Crippen LogP contribution is -2.33. The van der Waals surface area contributed by atoms with E-state index >= 15 is 0 Å². The summed E-state index contributed by atoms with van der Waals surface area (Å²) in [6.07, 6.45) is -1.20. The summed E-state index contributed by atoms with van der Waals surface area (Å²) in [5.41, 5.74) is 7.14. The number of carboxylic acid groups (broad SMARTS) is 1. The van der Waals surface area contributed by atoms with E-state index in [4.69, 9.17) is 14.6 Å². The zero-order chi connectivity index (χ0) is 24.7. The molecule has 186 valence electrons. The Bertz CT molecular complexity index is 978. The van der Waals surface area contributed by atoms with Gasteiger partial charge in [-0.05, 0) is 66.6 Å². The number of fused-ring (bicyclic) bond motifs is 1. The second-order valence-electron chi connectivity index (χ2n) is 8.68. The zero-order valence-electron chi connectivity index (χ0n) is 19.1. The first kappa shape index (κ1) is 26.7. The standard InChI is InChI=1S/C23H29BrN2O.C2HF3O2/c1-17-7-8-20(23(24)12-17)15-26(16-21-6-3-11-27-21)14-19-5-2-4-18-13-25-10-9-22(18)19;3-2(4,5)1(6)7/h2,4-5,7-8,12,21,25H,3,6,9-11,13-16H2,1H3;(H,6,7). The summed E-state index contributed by atoms with van der Waals surface area (Å²) < 4.78 is 38.9. The summed E-state index contributed by atoms with van der Waals surface area (Å²) in [5.74, 6) is -2.76. The van der Waals surface area contributed by atoms with Gasteiger partial charge in [0.1, 0.15) is 0 Å². The minimum atomic E-state index is -5.08. The Morgan fingerprint density at radius 2 is 1.97 bits per heavy atom. The first-order valence-electron chi connectivity index (χ1n) is 11.3. The maximum atomic E-state index is 10.6. The molecule has 0 aliphatic carbocycles. The molecule has 0 saturated carbocycles. The molecule has 0 aromatic heterocycles. The van der Waals surface area contributed by atoms with Crippen molar-refractivity contribution in [2.24, 2.45) is 0 Å². The van der Waals surface area contributed by atoms with E-state index < -0.39 is 12.1 Å². The van der Waals surface area contributed by atoms with E-state index in [1.165, 1.54) is 39.6 Å². The van der Waals surface area contributed by atoms with Crippen LogP contribution in [0.4, 0.5) is 13.2 Å². The van der Waals surface area contributed by atoms with Crippen LogP contribution in [0.1, 0.15) is 40.7 Å². The zero-order valence-corrected chi connectivity index (χ0v) is 20.7. The highest BCUT2D eigenvalue weighted by Gasteiger charge is 2.38. The summed E-state index contributed by atoms with van der Waals surface area (Å²) in [5, 5.41) is 10.6. The maximum absolute atomic E-state index is 10.6. The van der Waals surface area contributed by atoms with Crippen molar-refractivity contribution < 1.29 is 27.8 Å². The normalized spacial score (nSPS) is 17.8. The summed E-state index contributed by atoms with van der Waals surface area (Å²) in [6, 6.07) is 13.5. The molecule has 0 bridgehead atoms. The van der Waals surface area contributed by atoms with Gasteiger partial charge in [-0.1, -0.05) is 46.3 Å². The van der Waals surface area contributed by atoms with E-state index in [-0.39, 0.29) is 0 Å². The number of ether oxygens (including phenoxy) is 1. The van der Waals surface area contributed by atoms with Gasteiger partial charge in [0.25, 0.3) is 0 Å². The second-order valence-corrected chi connectivity index (χ2v) is 9.54. The molecule has 9 heteroatoms. The molecule has 0 amide bonds. The van der Waals surface area contributed by atoms with Gasteiger partial charge in [0.05, 0.1) is 6.10 Å². The van der Waals surface area contributed by atoms with E-state index in [0.717, 1.165) is 45.8 Å². The van der Waals surface area contributed by atoms with Gasteiger partial charge in [-0.2, -0.15) is 13.2 Å². The molecule has 5 nitrogen and oxygen atoms in total. The third kappa shape index (κ3) is 7.80. The monoisotopic (exact) mass is 542 g/mol. The molecule has 2 aromatic rings. The lowest BCUT2D eigenvalue weighted by atomic mass is 9.95. The Morgan fingerprint density at radius 3 is 2.62 bits per heavy atom. The number of halogens is 4. The Labute approximate surface area is 206 Å². The fourth-order valence-electron chi connectivity index (χ4n) is 4.28. The minimum absolute atomic E-state index is 0.371.